The molecule has 2 amide bonds. The average molecular weight is 416 g/mol. The SMILES string of the molecule is CC(C)[C@H](N)C(=O)NCC(=O)Nc1cccc(Oc2cccnn2)c1.Cl.Cl. The summed E-state index contributed by atoms with van der Waals surface area (Å²) in [6.45, 7) is 3.52. The number of anilines is 1. The predicted octanol–water partition coefficient (Wildman–Crippen LogP) is 2.15. The number of carbonyl (C=O) groups is 2. The number of hydrogen-bond acceptors (Lipinski definition) is 6. The maximum Gasteiger partial charge on any atom is 0.243 e. The monoisotopic (exact) mass is 415 g/mol. The first-order chi connectivity index (χ1) is 12.0. The van der Waals surface area contributed by atoms with Gasteiger partial charge in [0, 0.05) is 24.0 Å². The third-order valence-corrected chi connectivity index (χ3v) is 3.33. The van der Waals surface area contributed by atoms with Gasteiger partial charge in [-0.1, -0.05) is 19.9 Å². The third kappa shape index (κ3) is 8.21. The van der Waals surface area contributed by atoms with Crippen molar-refractivity contribution in [3.05, 3.63) is 42.6 Å². The molecule has 0 aliphatic carbocycles. The van der Waals surface area contributed by atoms with Gasteiger partial charge >= 0.3 is 0 Å². The van der Waals surface area contributed by atoms with E-state index in [1.165, 1.54) is 0 Å². The van der Waals surface area contributed by atoms with Crippen molar-refractivity contribution in [2.75, 3.05) is 11.9 Å². The Balaban J connectivity index is 0.00000338. The molecular formula is C17H23Cl2N5O3. The minimum absolute atomic E-state index is 0. The van der Waals surface area contributed by atoms with E-state index in [2.05, 4.69) is 20.8 Å². The molecule has 8 nitrogen and oxygen atoms in total. The minimum atomic E-state index is -0.642. The molecule has 2 aromatic rings. The van der Waals surface area contributed by atoms with Crippen LogP contribution in [0.25, 0.3) is 0 Å². The van der Waals surface area contributed by atoms with Gasteiger partial charge in [-0.05, 0) is 24.1 Å². The smallest absolute Gasteiger partial charge is 0.243 e. The van der Waals surface area contributed by atoms with Crippen molar-refractivity contribution in [2.45, 2.75) is 19.9 Å². The van der Waals surface area contributed by atoms with E-state index in [1.807, 2.05) is 13.8 Å². The summed E-state index contributed by atoms with van der Waals surface area (Å²) >= 11 is 0. The van der Waals surface area contributed by atoms with E-state index in [4.69, 9.17) is 10.5 Å². The van der Waals surface area contributed by atoms with Crippen molar-refractivity contribution in [3.8, 4) is 11.6 Å². The van der Waals surface area contributed by atoms with E-state index < -0.39 is 6.04 Å². The lowest BCUT2D eigenvalue weighted by Gasteiger charge is -2.15. The fourth-order valence-corrected chi connectivity index (χ4v) is 1.89. The molecule has 0 saturated carbocycles. The summed E-state index contributed by atoms with van der Waals surface area (Å²) in [6.07, 6.45) is 1.54. The molecule has 0 spiro atoms. The first-order valence-corrected chi connectivity index (χ1v) is 7.84. The number of aromatic nitrogens is 2. The Morgan fingerprint density at radius 3 is 2.56 bits per heavy atom. The molecule has 1 heterocycles. The lowest BCUT2D eigenvalue weighted by molar-refractivity contribution is -0.125. The highest BCUT2D eigenvalue weighted by atomic mass is 35.5. The molecule has 2 rings (SSSR count). The van der Waals surface area contributed by atoms with Gasteiger partial charge in [-0.2, -0.15) is 5.10 Å². The van der Waals surface area contributed by atoms with Crippen molar-refractivity contribution < 1.29 is 14.3 Å². The predicted molar refractivity (Wildman–Crippen MR) is 107 cm³/mol. The van der Waals surface area contributed by atoms with Gasteiger partial charge in [-0.25, -0.2) is 0 Å². The van der Waals surface area contributed by atoms with Gasteiger partial charge in [-0.3, -0.25) is 9.59 Å². The fraction of sp³-hybridized carbons (Fsp3) is 0.294. The van der Waals surface area contributed by atoms with Crippen molar-refractivity contribution in [2.24, 2.45) is 11.7 Å². The quantitative estimate of drug-likeness (QED) is 0.637. The minimum Gasteiger partial charge on any atom is -0.437 e. The van der Waals surface area contributed by atoms with Crippen molar-refractivity contribution in [1.82, 2.24) is 15.5 Å². The molecule has 10 heteroatoms. The van der Waals surface area contributed by atoms with Crippen molar-refractivity contribution >= 4 is 42.3 Å². The van der Waals surface area contributed by atoms with Crippen LogP contribution < -0.4 is 21.1 Å². The topological polar surface area (TPSA) is 119 Å². The average Bonchev–Trinajstić information content (AvgIpc) is 2.60. The van der Waals surface area contributed by atoms with Gasteiger partial charge in [0.05, 0.1) is 12.6 Å². The zero-order chi connectivity index (χ0) is 18.2. The van der Waals surface area contributed by atoms with Gasteiger partial charge < -0.3 is 21.1 Å². The first-order valence-electron chi connectivity index (χ1n) is 7.84. The summed E-state index contributed by atoms with van der Waals surface area (Å²) in [6, 6.07) is 9.56. The number of nitrogens with two attached hydrogens (primary N) is 1. The molecule has 1 aromatic heterocycles. The van der Waals surface area contributed by atoms with Crippen LogP contribution in [-0.4, -0.2) is 34.6 Å². The van der Waals surface area contributed by atoms with Crippen LogP contribution in [0.4, 0.5) is 5.69 Å². The number of carbonyl (C=O) groups excluding carboxylic acids is 2. The number of halogens is 2. The third-order valence-electron chi connectivity index (χ3n) is 3.33. The number of amides is 2. The van der Waals surface area contributed by atoms with Crippen LogP contribution in [0.15, 0.2) is 42.6 Å². The number of nitrogens with one attached hydrogen (secondary N) is 2. The summed E-state index contributed by atoms with van der Waals surface area (Å²) in [4.78, 5) is 23.7. The molecule has 1 atom stereocenters. The molecular weight excluding hydrogens is 393 g/mol. The number of nitrogens with zero attached hydrogens (tertiary/aromatic N) is 2. The molecule has 0 radical (unpaired) electrons. The Morgan fingerprint density at radius 1 is 1.19 bits per heavy atom. The highest BCUT2D eigenvalue weighted by molar-refractivity contribution is 5.95. The molecule has 27 heavy (non-hydrogen) atoms. The van der Waals surface area contributed by atoms with Crippen LogP contribution in [0.2, 0.25) is 0 Å². The van der Waals surface area contributed by atoms with Gasteiger partial charge in [0.15, 0.2) is 0 Å². The van der Waals surface area contributed by atoms with Crippen LogP contribution in [0, 0.1) is 5.92 Å². The molecule has 4 N–H and O–H groups in total. The number of benzene rings is 1. The summed E-state index contributed by atoms with van der Waals surface area (Å²) in [7, 11) is 0. The molecule has 0 aliphatic heterocycles. The normalized spacial score (nSPS) is 10.8. The Hall–Kier alpha value is -2.42. The first kappa shape index (κ1) is 24.6. The number of hydrogen-bond donors (Lipinski definition) is 3. The van der Waals surface area contributed by atoms with E-state index in [-0.39, 0.29) is 49.1 Å². The van der Waals surface area contributed by atoms with Crippen LogP contribution in [-0.2, 0) is 9.59 Å². The second kappa shape index (κ2) is 12.1. The zero-order valence-electron chi connectivity index (χ0n) is 14.9. The standard InChI is InChI=1S/C17H21N5O3.2ClH/c1-11(2)16(18)17(24)19-10-14(23)21-12-5-3-6-13(9-12)25-15-7-4-8-20-22-15;;/h3-9,11,16H,10,18H2,1-2H3,(H,19,24)(H,21,23);2*1H/t16-;;/m0../s1. The fourth-order valence-electron chi connectivity index (χ4n) is 1.89. The van der Waals surface area contributed by atoms with E-state index in [0.717, 1.165) is 0 Å². The summed E-state index contributed by atoms with van der Waals surface area (Å²) < 4.78 is 5.55. The van der Waals surface area contributed by atoms with E-state index in [0.29, 0.717) is 17.3 Å². The van der Waals surface area contributed by atoms with Crippen LogP contribution in [0.1, 0.15) is 13.8 Å². The Morgan fingerprint density at radius 2 is 1.93 bits per heavy atom. The van der Waals surface area contributed by atoms with Gasteiger partial charge in [0.1, 0.15) is 5.75 Å². The van der Waals surface area contributed by atoms with Crippen molar-refractivity contribution in [1.29, 1.82) is 0 Å². The largest absolute Gasteiger partial charge is 0.437 e. The van der Waals surface area contributed by atoms with E-state index in [9.17, 15) is 9.59 Å². The Kier molecular flexibility index (Phi) is 11.0. The van der Waals surface area contributed by atoms with E-state index >= 15 is 0 Å². The Labute approximate surface area is 170 Å². The lowest BCUT2D eigenvalue weighted by atomic mass is 10.1. The summed E-state index contributed by atoms with van der Waals surface area (Å²) in [5, 5.41) is 12.7. The van der Waals surface area contributed by atoms with Crippen LogP contribution >= 0.6 is 24.8 Å². The molecule has 0 unspecified atom stereocenters. The Bertz CT molecular complexity index is 732. The van der Waals surface area contributed by atoms with Gasteiger partial charge in [-0.15, -0.1) is 29.9 Å². The molecule has 0 aliphatic rings. The molecule has 148 valence electrons. The second-order valence-electron chi connectivity index (χ2n) is 5.73. The highest BCUT2D eigenvalue weighted by Crippen LogP contribution is 2.22. The number of rotatable bonds is 7. The highest BCUT2D eigenvalue weighted by Gasteiger charge is 2.17. The van der Waals surface area contributed by atoms with Crippen molar-refractivity contribution in [3.63, 3.8) is 0 Å². The summed E-state index contributed by atoms with van der Waals surface area (Å²) in [5.74, 6) is 0.133. The molecule has 0 bridgehead atoms. The zero-order valence-corrected chi connectivity index (χ0v) is 16.5. The lowest BCUT2D eigenvalue weighted by Crippen LogP contribution is -2.46. The maximum atomic E-state index is 11.9. The second-order valence-corrected chi connectivity index (χ2v) is 5.73. The van der Waals surface area contributed by atoms with E-state index in [1.54, 1.807) is 42.6 Å². The molecule has 1 aromatic carbocycles. The number of ether oxygens (including phenoxy) is 1. The summed E-state index contributed by atoms with van der Waals surface area (Å²) in [5.41, 5.74) is 6.26. The molecule has 0 fully saturated rings. The van der Waals surface area contributed by atoms with Crippen LogP contribution in [0.3, 0.4) is 0 Å². The molecule has 0 saturated heterocycles. The van der Waals surface area contributed by atoms with Gasteiger partial charge in [0.25, 0.3) is 0 Å². The van der Waals surface area contributed by atoms with Crippen LogP contribution in [0.5, 0.6) is 11.6 Å². The maximum absolute atomic E-state index is 11.9. The van der Waals surface area contributed by atoms with Gasteiger partial charge in [0.2, 0.25) is 17.7 Å².